The maximum absolute atomic E-state index is 12.6. The number of hydrogen-bond donors (Lipinski definition) is 1. The Kier molecular flexibility index (Phi) is 5.87. The summed E-state index contributed by atoms with van der Waals surface area (Å²) >= 11 is 0. The van der Waals surface area contributed by atoms with Gasteiger partial charge >= 0.3 is 0 Å². The molecular formula is C19H31N3O3S. The Labute approximate surface area is 157 Å². The highest BCUT2D eigenvalue weighted by atomic mass is 32.2. The minimum Gasteiger partial charge on any atom is -0.312 e. The molecule has 0 unspecified atom stereocenters. The lowest BCUT2D eigenvalue weighted by molar-refractivity contribution is -0.124. The van der Waals surface area contributed by atoms with Gasteiger partial charge < -0.3 is 5.32 Å². The van der Waals surface area contributed by atoms with Crippen molar-refractivity contribution in [3.8, 4) is 0 Å². The molecule has 2 heterocycles. The van der Waals surface area contributed by atoms with E-state index in [9.17, 15) is 13.2 Å². The molecule has 0 aromatic carbocycles. The third-order valence-corrected chi connectivity index (χ3v) is 7.82. The van der Waals surface area contributed by atoms with E-state index in [2.05, 4.69) is 18.8 Å². The van der Waals surface area contributed by atoms with Crippen molar-refractivity contribution in [3.05, 3.63) is 12.0 Å². The average molecular weight is 382 g/mol. The Morgan fingerprint density at radius 2 is 1.92 bits per heavy atom. The lowest BCUT2D eigenvalue weighted by atomic mass is 9.79. The van der Waals surface area contributed by atoms with Crippen LogP contribution in [0.3, 0.4) is 0 Å². The van der Waals surface area contributed by atoms with Crippen molar-refractivity contribution in [2.45, 2.75) is 70.3 Å². The smallest absolute Gasteiger partial charge is 0.253 e. The molecule has 7 heteroatoms. The third kappa shape index (κ3) is 3.88. The van der Waals surface area contributed by atoms with Crippen LogP contribution in [0.2, 0.25) is 0 Å². The van der Waals surface area contributed by atoms with E-state index in [0.717, 1.165) is 30.0 Å². The summed E-state index contributed by atoms with van der Waals surface area (Å²) < 4.78 is 25.3. The maximum Gasteiger partial charge on any atom is 0.253 e. The molecule has 1 aliphatic carbocycles. The molecule has 1 saturated carbocycles. The maximum atomic E-state index is 12.6. The van der Waals surface area contributed by atoms with Gasteiger partial charge in [0.05, 0.1) is 0 Å². The van der Waals surface area contributed by atoms with Gasteiger partial charge in [-0.25, -0.2) is 8.42 Å². The van der Waals surface area contributed by atoms with Crippen molar-refractivity contribution in [2.75, 3.05) is 13.1 Å². The van der Waals surface area contributed by atoms with Crippen LogP contribution >= 0.6 is 0 Å². The molecule has 2 aliphatic heterocycles. The van der Waals surface area contributed by atoms with Gasteiger partial charge in [0.1, 0.15) is 11.4 Å². The zero-order chi connectivity index (χ0) is 18.8. The largest absolute Gasteiger partial charge is 0.312 e. The molecule has 1 spiro atoms. The Balaban J connectivity index is 1.61. The predicted molar refractivity (Wildman–Crippen MR) is 103 cm³/mol. The number of carbonyl (C=O) groups is 1. The quantitative estimate of drug-likeness (QED) is 0.768. The zero-order valence-electron chi connectivity index (χ0n) is 15.7. The summed E-state index contributed by atoms with van der Waals surface area (Å²) in [6.45, 7) is 6.25. The first-order valence-electron chi connectivity index (χ1n) is 9.94. The van der Waals surface area contributed by atoms with E-state index >= 15 is 0 Å². The molecule has 1 saturated heterocycles. The molecule has 2 fully saturated rings. The second-order valence-corrected chi connectivity index (χ2v) is 9.83. The number of carbonyl (C=O) groups excluding carboxylic acids is 1. The summed E-state index contributed by atoms with van der Waals surface area (Å²) in [4.78, 5) is 17.4. The molecule has 146 valence electrons. The number of hydrogen-bond acceptors (Lipinski definition) is 4. The number of unbranched alkanes of at least 4 members (excludes halogenated alkanes) is 1. The zero-order valence-corrected chi connectivity index (χ0v) is 16.6. The summed E-state index contributed by atoms with van der Waals surface area (Å²) in [5.41, 5.74) is -0.762. The molecule has 0 bridgehead atoms. The lowest BCUT2D eigenvalue weighted by Gasteiger charge is -2.34. The van der Waals surface area contributed by atoms with Gasteiger partial charge in [-0.2, -0.15) is 4.31 Å². The molecule has 0 aromatic rings. The molecule has 0 atom stereocenters. The van der Waals surface area contributed by atoms with E-state index < -0.39 is 15.6 Å². The normalized spacial score (nSPS) is 29.4. The van der Waals surface area contributed by atoms with Crippen molar-refractivity contribution in [3.63, 3.8) is 0 Å². The number of rotatable bonds is 6. The standard InChI is InChI=1S/C19H31N3O3S/c1-3-5-6-15-7-9-16(10-8-15)17-20-18(23)19(21-17)11-13-22(14-12-19)26(24,25)4-2/h4,15-16H,2-3,5-14H2,1H3,(H,20,21,23). The monoisotopic (exact) mass is 381 g/mol. The van der Waals surface area contributed by atoms with Gasteiger partial charge in [0.2, 0.25) is 10.0 Å². The first kappa shape index (κ1) is 19.5. The summed E-state index contributed by atoms with van der Waals surface area (Å²) in [7, 11) is -3.42. The van der Waals surface area contributed by atoms with Gasteiger partial charge in [0.25, 0.3) is 5.91 Å². The third-order valence-electron chi connectivity index (χ3n) is 6.32. The number of sulfonamides is 1. The second kappa shape index (κ2) is 7.80. The summed E-state index contributed by atoms with van der Waals surface area (Å²) in [5.74, 6) is 1.98. The molecule has 26 heavy (non-hydrogen) atoms. The Hall–Kier alpha value is -1.21. The summed E-state index contributed by atoms with van der Waals surface area (Å²) in [6, 6.07) is 0. The van der Waals surface area contributed by atoms with E-state index in [1.807, 2.05) is 0 Å². The number of amides is 1. The molecule has 1 N–H and O–H groups in total. The van der Waals surface area contributed by atoms with E-state index in [1.54, 1.807) is 0 Å². The first-order valence-corrected chi connectivity index (χ1v) is 11.4. The highest BCUT2D eigenvalue weighted by molar-refractivity contribution is 7.92. The summed E-state index contributed by atoms with van der Waals surface area (Å²) in [6.07, 6.45) is 9.41. The van der Waals surface area contributed by atoms with Gasteiger partial charge in [0, 0.05) is 24.4 Å². The van der Waals surface area contributed by atoms with Gasteiger partial charge in [-0.15, -0.1) is 0 Å². The van der Waals surface area contributed by atoms with Gasteiger partial charge in [-0.05, 0) is 44.4 Å². The Bertz CT molecular complexity index is 670. The number of nitrogens with one attached hydrogen (secondary N) is 1. The topological polar surface area (TPSA) is 78.8 Å². The number of nitrogens with zero attached hydrogens (tertiary/aromatic N) is 2. The molecule has 0 radical (unpaired) electrons. The van der Waals surface area contributed by atoms with E-state index in [-0.39, 0.29) is 5.91 Å². The van der Waals surface area contributed by atoms with E-state index in [1.165, 1.54) is 36.4 Å². The molecular weight excluding hydrogens is 350 g/mol. The van der Waals surface area contributed by atoms with Crippen molar-refractivity contribution >= 4 is 21.8 Å². The second-order valence-electron chi connectivity index (χ2n) is 7.95. The molecule has 3 rings (SSSR count). The van der Waals surface area contributed by atoms with E-state index in [0.29, 0.717) is 31.8 Å². The van der Waals surface area contributed by atoms with Crippen LogP contribution in [-0.4, -0.2) is 43.1 Å². The fraction of sp³-hybridized carbons (Fsp3) is 0.789. The van der Waals surface area contributed by atoms with Crippen molar-refractivity contribution in [1.29, 1.82) is 0 Å². The van der Waals surface area contributed by atoms with Crippen LogP contribution in [0.15, 0.2) is 17.0 Å². The van der Waals surface area contributed by atoms with Crippen LogP contribution in [0, 0.1) is 11.8 Å². The highest BCUT2D eigenvalue weighted by Gasteiger charge is 2.48. The molecule has 6 nitrogen and oxygen atoms in total. The fourth-order valence-corrected chi connectivity index (χ4v) is 5.41. The fourth-order valence-electron chi connectivity index (χ4n) is 4.51. The van der Waals surface area contributed by atoms with Crippen molar-refractivity contribution in [2.24, 2.45) is 16.8 Å². The minimum absolute atomic E-state index is 0.0451. The van der Waals surface area contributed by atoms with Gasteiger partial charge in [-0.1, -0.05) is 32.8 Å². The Morgan fingerprint density at radius 3 is 2.50 bits per heavy atom. The van der Waals surface area contributed by atoms with Crippen LogP contribution in [0.1, 0.15) is 64.7 Å². The molecule has 0 aromatic heterocycles. The molecule has 1 amide bonds. The van der Waals surface area contributed by atoms with E-state index in [4.69, 9.17) is 4.99 Å². The van der Waals surface area contributed by atoms with Gasteiger partial charge in [0.15, 0.2) is 0 Å². The minimum atomic E-state index is -3.42. The average Bonchev–Trinajstić information content (AvgIpc) is 2.97. The SMILES string of the molecule is C=CS(=O)(=O)N1CCC2(CC1)N=C(C1CCC(CCCC)CC1)NC2=O. The van der Waals surface area contributed by atoms with Crippen LogP contribution in [0.4, 0.5) is 0 Å². The van der Waals surface area contributed by atoms with Gasteiger partial charge in [-0.3, -0.25) is 9.79 Å². The Morgan fingerprint density at radius 1 is 1.27 bits per heavy atom. The van der Waals surface area contributed by atoms with Crippen LogP contribution in [0.25, 0.3) is 0 Å². The van der Waals surface area contributed by atoms with Crippen molar-refractivity contribution in [1.82, 2.24) is 9.62 Å². The number of amidine groups is 1. The highest BCUT2D eigenvalue weighted by Crippen LogP contribution is 2.37. The van der Waals surface area contributed by atoms with Crippen LogP contribution in [0.5, 0.6) is 0 Å². The summed E-state index contributed by atoms with van der Waals surface area (Å²) in [5, 5.41) is 4.01. The molecule has 3 aliphatic rings. The number of piperidine rings is 1. The predicted octanol–water partition coefficient (Wildman–Crippen LogP) is 2.82. The lowest BCUT2D eigenvalue weighted by Crippen LogP contribution is -2.50. The van der Waals surface area contributed by atoms with Crippen LogP contribution < -0.4 is 5.32 Å². The van der Waals surface area contributed by atoms with Crippen LogP contribution in [-0.2, 0) is 14.8 Å². The van der Waals surface area contributed by atoms with Crippen molar-refractivity contribution < 1.29 is 13.2 Å². The first-order chi connectivity index (χ1) is 12.4. The number of aliphatic imine (C=N–C) groups is 1.